The molecule has 0 aliphatic carbocycles. The molecular weight excluding hydrogens is 222 g/mol. The number of piperidine rings is 1. The number of hydrogen-bond acceptors (Lipinski definition) is 3. The third kappa shape index (κ3) is 2.40. The summed E-state index contributed by atoms with van der Waals surface area (Å²) in [6.45, 7) is 1.87. The average Bonchev–Trinajstić information content (AvgIpc) is 2.41. The van der Waals surface area contributed by atoms with Crippen molar-refractivity contribution in [3.8, 4) is 6.07 Å². The van der Waals surface area contributed by atoms with E-state index in [1.165, 1.54) is 5.56 Å². The summed E-state index contributed by atoms with van der Waals surface area (Å²) in [6, 6.07) is 13.2. The van der Waals surface area contributed by atoms with Crippen LogP contribution >= 0.6 is 0 Å². The third-order valence-electron chi connectivity index (χ3n) is 3.87. The molecule has 1 heterocycles. The quantitative estimate of drug-likeness (QED) is 0.884. The normalized spacial score (nSPS) is 20.3. The summed E-state index contributed by atoms with van der Waals surface area (Å²) >= 11 is 0. The van der Waals surface area contributed by atoms with E-state index in [4.69, 9.17) is 0 Å². The van der Waals surface area contributed by atoms with Gasteiger partial charge in [-0.2, -0.15) is 5.26 Å². The molecule has 1 fully saturated rings. The first-order chi connectivity index (χ1) is 8.69. The maximum absolute atomic E-state index is 9.72. The summed E-state index contributed by atoms with van der Waals surface area (Å²) in [7, 11) is 4.14. The highest BCUT2D eigenvalue weighted by Crippen LogP contribution is 2.43. The van der Waals surface area contributed by atoms with Gasteiger partial charge in [0.25, 0.3) is 0 Å². The van der Waals surface area contributed by atoms with Crippen LogP contribution in [0.2, 0.25) is 0 Å². The lowest BCUT2D eigenvalue weighted by Crippen LogP contribution is -2.44. The molecule has 0 spiro atoms. The summed E-state index contributed by atoms with van der Waals surface area (Å²) in [5, 5.41) is 13.1. The number of rotatable bonds is 3. The highest BCUT2D eigenvalue weighted by Gasteiger charge is 2.42. The largest absolute Gasteiger partial charge is 0.317 e. The van der Waals surface area contributed by atoms with E-state index < -0.39 is 0 Å². The van der Waals surface area contributed by atoms with Gasteiger partial charge in [0.2, 0.25) is 0 Å². The lowest BCUT2D eigenvalue weighted by Gasteiger charge is -2.42. The maximum atomic E-state index is 9.72. The second-order valence-corrected chi connectivity index (χ2v) is 5.29. The monoisotopic (exact) mass is 243 g/mol. The van der Waals surface area contributed by atoms with Crippen molar-refractivity contribution in [2.24, 2.45) is 5.41 Å². The van der Waals surface area contributed by atoms with Gasteiger partial charge in [0, 0.05) is 0 Å². The van der Waals surface area contributed by atoms with Gasteiger partial charge in [-0.15, -0.1) is 0 Å². The van der Waals surface area contributed by atoms with Gasteiger partial charge in [-0.05, 0) is 45.6 Å². The maximum Gasteiger partial charge on any atom is 0.0794 e. The van der Waals surface area contributed by atoms with Crippen molar-refractivity contribution in [3.05, 3.63) is 35.9 Å². The second kappa shape index (κ2) is 5.51. The van der Waals surface area contributed by atoms with Gasteiger partial charge >= 0.3 is 0 Å². The van der Waals surface area contributed by atoms with Crippen LogP contribution in [0.15, 0.2) is 30.3 Å². The summed E-state index contributed by atoms with van der Waals surface area (Å²) in [5.74, 6) is 0. The predicted octanol–water partition coefficient (Wildman–Crippen LogP) is 2.18. The number of hydrogen-bond donors (Lipinski definition) is 1. The Kier molecular flexibility index (Phi) is 4.00. The van der Waals surface area contributed by atoms with Crippen LogP contribution in [0.4, 0.5) is 0 Å². The molecule has 18 heavy (non-hydrogen) atoms. The predicted molar refractivity (Wildman–Crippen MR) is 73.0 cm³/mol. The molecule has 1 aromatic carbocycles. The molecule has 1 aromatic rings. The van der Waals surface area contributed by atoms with E-state index in [0.29, 0.717) is 0 Å². The zero-order valence-electron chi connectivity index (χ0n) is 11.2. The van der Waals surface area contributed by atoms with Gasteiger partial charge in [0.15, 0.2) is 0 Å². The van der Waals surface area contributed by atoms with E-state index in [1.54, 1.807) is 0 Å². The van der Waals surface area contributed by atoms with Gasteiger partial charge in [0.05, 0.1) is 17.5 Å². The van der Waals surface area contributed by atoms with Crippen LogP contribution in [0, 0.1) is 16.7 Å². The van der Waals surface area contributed by atoms with Crippen molar-refractivity contribution in [1.29, 1.82) is 5.26 Å². The van der Waals surface area contributed by atoms with Crippen molar-refractivity contribution in [2.75, 3.05) is 27.2 Å². The number of nitrogens with one attached hydrogen (secondary N) is 1. The van der Waals surface area contributed by atoms with Crippen LogP contribution in [-0.2, 0) is 0 Å². The molecular formula is C15H21N3. The van der Waals surface area contributed by atoms with Crippen molar-refractivity contribution in [1.82, 2.24) is 10.2 Å². The van der Waals surface area contributed by atoms with Crippen LogP contribution in [0.5, 0.6) is 0 Å². The van der Waals surface area contributed by atoms with Gasteiger partial charge < -0.3 is 10.2 Å². The SMILES string of the molecule is CN(C)C(c1ccccc1)C1(C#N)CCNCC1. The molecule has 96 valence electrons. The summed E-state index contributed by atoms with van der Waals surface area (Å²) in [4.78, 5) is 2.18. The fraction of sp³-hybridized carbons (Fsp3) is 0.533. The number of nitrogens with zero attached hydrogens (tertiary/aromatic N) is 2. The first-order valence-corrected chi connectivity index (χ1v) is 6.53. The molecule has 0 amide bonds. The second-order valence-electron chi connectivity index (χ2n) is 5.29. The van der Waals surface area contributed by atoms with E-state index in [2.05, 4.69) is 54.6 Å². The molecule has 0 aromatic heterocycles. The Hall–Kier alpha value is -1.37. The van der Waals surface area contributed by atoms with Crippen LogP contribution in [-0.4, -0.2) is 32.1 Å². The Bertz CT molecular complexity index is 413. The molecule has 1 aliphatic rings. The van der Waals surface area contributed by atoms with Crippen molar-refractivity contribution >= 4 is 0 Å². The van der Waals surface area contributed by atoms with E-state index >= 15 is 0 Å². The van der Waals surface area contributed by atoms with Crippen LogP contribution < -0.4 is 5.32 Å². The highest BCUT2D eigenvalue weighted by molar-refractivity contribution is 5.25. The lowest BCUT2D eigenvalue weighted by molar-refractivity contribution is 0.117. The zero-order chi connectivity index (χ0) is 13.0. The molecule has 0 radical (unpaired) electrons. The van der Waals surface area contributed by atoms with E-state index in [-0.39, 0.29) is 11.5 Å². The van der Waals surface area contributed by atoms with Gasteiger partial charge in [0.1, 0.15) is 0 Å². The molecule has 1 N–H and O–H groups in total. The Balaban J connectivity index is 2.38. The number of nitriles is 1. The average molecular weight is 243 g/mol. The minimum absolute atomic E-state index is 0.172. The van der Waals surface area contributed by atoms with E-state index in [9.17, 15) is 5.26 Å². The standard InChI is InChI=1S/C15H21N3/c1-18(2)14(13-6-4-3-5-7-13)15(12-16)8-10-17-11-9-15/h3-7,14,17H,8-11H2,1-2H3. The molecule has 0 bridgehead atoms. The van der Waals surface area contributed by atoms with Gasteiger partial charge in [-0.1, -0.05) is 30.3 Å². The molecule has 1 unspecified atom stereocenters. The molecule has 1 aliphatic heterocycles. The molecule has 3 heteroatoms. The Morgan fingerprint density at radius 3 is 2.33 bits per heavy atom. The first kappa shape index (κ1) is 13.1. The van der Waals surface area contributed by atoms with Crippen LogP contribution in [0.3, 0.4) is 0 Å². The summed E-state index contributed by atoms with van der Waals surface area (Å²) in [6.07, 6.45) is 1.84. The summed E-state index contributed by atoms with van der Waals surface area (Å²) < 4.78 is 0. The summed E-state index contributed by atoms with van der Waals surface area (Å²) in [5.41, 5.74) is 0.974. The zero-order valence-corrected chi connectivity index (χ0v) is 11.2. The lowest BCUT2D eigenvalue weighted by atomic mass is 9.71. The molecule has 0 saturated carbocycles. The van der Waals surface area contributed by atoms with Gasteiger partial charge in [-0.3, -0.25) is 0 Å². The fourth-order valence-corrected chi connectivity index (χ4v) is 3.07. The van der Waals surface area contributed by atoms with Crippen LogP contribution in [0.1, 0.15) is 24.4 Å². The highest BCUT2D eigenvalue weighted by atomic mass is 15.1. The van der Waals surface area contributed by atoms with Gasteiger partial charge in [-0.25, -0.2) is 0 Å². The molecule has 3 nitrogen and oxygen atoms in total. The molecule has 2 rings (SSSR count). The van der Waals surface area contributed by atoms with E-state index in [1.807, 2.05) is 6.07 Å². The smallest absolute Gasteiger partial charge is 0.0794 e. The van der Waals surface area contributed by atoms with Crippen molar-refractivity contribution < 1.29 is 0 Å². The molecule has 1 atom stereocenters. The molecule has 1 saturated heterocycles. The topological polar surface area (TPSA) is 39.1 Å². The number of benzene rings is 1. The van der Waals surface area contributed by atoms with Crippen LogP contribution in [0.25, 0.3) is 0 Å². The minimum atomic E-state index is -0.268. The third-order valence-corrected chi connectivity index (χ3v) is 3.87. The Morgan fingerprint density at radius 1 is 1.22 bits per heavy atom. The minimum Gasteiger partial charge on any atom is -0.317 e. The Labute approximate surface area is 109 Å². The first-order valence-electron chi connectivity index (χ1n) is 6.53. The van der Waals surface area contributed by atoms with Crippen molar-refractivity contribution in [2.45, 2.75) is 18.9 Å². The fourth-order valence-electron chi connectivity index (χ4n) is 3.07. The van der Waals surface area contributed by atoms with Crippen molar-refractivity contribution in [3.63, 3.8) is 0 Å². The Morgan fingerprint density at radius 2 is 1.83 bits per heavy atom. The van der Waals surface area contributed by atoms with E-state index in [0.717, 1.165) is 25.9 Å².